The van der Waals surface area contributed by atoms with Gasteiger partial charge in [-0.3, -0.25) is 4.79 Å². The highest BCUT2D eigenvalue weighted by atomic mass is 32.2. The van der Waals surface area contributed by atoms with Crippen LogP contribution in [0.5, 0.6) is 0 Å². The summed E-state index contributed by atoms with van der Waals surface area (Å²) in [5.74, 6) is -1.68. The van der Waals surface area contributed by atoms with Crippen molar-refractivity contribution in [2.24, 2.45) is 0 Å². The zero-order valence-electron chi connectivity index (χ0n) is 12.0. The van der Waals surface area contributed by atoms with E-state index in [0.29, 0.717) is 5.56 Å². The number of nitrogens with one attached hydrogen (secondary N) is 1. The Bertz CT molecular complexity index is 791. The fourth-order valence-corrected chi connectivity index (χ4v) is 5.45. The fourth-order valence-electron chi connectivity index (χ4n) is 3.22. The first-order chi connectivity index (χ1) is 10.8. The van der Waals surface area contributed by atoms with E-state index in [9.17, 15) is 27.9 Å². The molecule has 2 aliphatic heterocycles. The second kappa shape index (κ2) is 5.14. The van der Waals surface area contributed by atoms with E-state index in [4.69, 9.17) is 0 Å². The summed E-state index contributed by atoms with van der Waals surface area (Å²) in [6.45, 7) is -0.285. The molecular formula is C14H15N2O6S+. The minimum absolute atomic E-state index is 0.00947. The Balaban J connectivity index is 1.78. The number of nitrogens with zero attached hydrogens (tertiary/aromatic N) is 1. The van der Waals surface area contributed by atoms with Gasteiger partial charge < -0.3 is 10.4 Å². The van der Waals surface area contributed by atoms with Gasteiger partial charge in [0.2, 0.25) is 27.2 Å². The second-order valence-corrected chi connectivity index (χ2v) is 7.90. The number of hydrogen-bond donors (Lipinski definition) is 2. The van der Waals surface area contributed by atoms with E-state index in [2.05, 4.69) is 5.32 Å². The molecule has 2 N–H and O–H groups in total. The number of rotatable bonds is 3. The summed E-state index contributed by atoms with van der Waals surface area (Å²) in [7, 11) is -3.74. The lowest BCUT2D eigenvalue weighted by atomic mass is 10.0. The number of carbonyl (C=O) groups is 3. The molecule has 2 fully saturated rings. The molecule has 2 saturated heterocycles. The van der Waals surface area contributed by atoms with Crippen LogP contribution in [0.1, 0.15) is 5.56 Å². The Labute approximate surface area is 132 Å². The van der Waals surface area contributed by atoms with Crippen LogP contribution in [0.2, 0.25) is 0 Å². The van der Waals surface area contributed by atoms with Crippen molar-refractivity contribution in [1.29, 1.82) is 0 Å². The van der Waals surface area contributed by atoms with Crippen molar-refractivity contribution in [1.82, 2.24) is 5.32 Å². The molecule has 9 heteroatoms. The zero-order valence-corrected chi connectivity index (χ0v) is 12.8. The molecule has 1 aromatic carbocycles. The number of hydrogen-bond acceptors (Lipinski definition) is 5. The summed E-state index contributed by atoms with van der Waals surface area (Å²) in [4.78, 5) is 35.6. The summed E-state index contributed by atoms with van der Waals surface area (Å²) in [5.41, 5.74) is 0.713. The monoisotopic (exact) mass is 339 g/mol. The highest BCUT2D eigenvalue weighted by molar-refractivity contribution is 7.92. The number of amides is 3. The molecule has 0 aliphatic carbocycles. The van der Waals surface area contributed by atoms with Crippen molar-refractivity contribution < 1.29 is 32.4 Å². The maximum Gasteiger partial charge on any atom is 0.522 e. The Hall–Kier alpha value is -2.26. The van der Waals surface area contributed by atoms with Crippen molar-refractivity contribution in [2.45, 2.75) is 17.8 Å². The first kappa shape index (κ1) is 15.6. The van der Waals surface area contributed by atoms with Gasteiger partial charge in [-0.25, -0.2) is 13.2 Å². The summed E-state index contributed by atoms with van der Waals surface area (Å²) in [5, 5.41) is 10.2. The van der Waals surface area contributed by atoms with Crippen LogP contribution in [-0.4, -0.2) is 59.6 Å². The number of imide groups is 1. The van der Waals surface area contributed by atoms with Gasteiger partial charge in [-0.05, 0) is 5.56 Å². The Morgan fingerprint density at radius 2 is 1.91 bits per heavy atom. The maximum absolute atomic E-state index is 12.2. The largest absolute Gasteiger partial charge is 0.522 e. The highest BCUT2D eigenvalue weighted by Gasteiger charge is 2.77. The number of β-lactam (4-membered cyclic amide) rings is 1. The number of carboxylic acid groups (broad SMARTS) is 1. The maximum atomic E-state index is 12.2. The quantitative estimate of drug-likeness (QED) is 0.566. The van der Waals surface area contributed by atoms with Crippen molar-refractivity contribution >= 4 is 27.7 Å². The smallest absolute Gasteiger partial charge is 0.435 e. The number of benzene rings is 1. The van der Waals surface area contributed by atoms with E-state index in [1.54, 1.807) is 30.3 Å². The molecule has 3 atom stereocenters. The lowest BCUT2D eigenvalue weighted by Gasteiger charge is -2.43. The summed E-state index contributed by atoms with van der Waals surface area (Å²) < 4.78 is 23.0. The molecule has 3 rings (SSSR count). The van der Waals surface area contributed by atoms with Gasteiger partial charge in [-0.15, -0.1) is 4.48 Å². The van der Waals surface area contributed by atoms with E-state index in [1.165, 1.54) is 0 Å². The molecule has 3 amide bonds. The van der Waals surface area contributed by atoms with Gasteiger partial charge in [-0.2, -0.15) is 4.79 Å². The van der Waals surface area contributed by atoms with Gasteiger partial charge in [-0.1, -0.05) is 30.3 Å². The molecule has 2 heterocycles. The molecular weight excluding hydrogens is 324 g/mol. The van der Waals surface area contributed by atoms with Crippen LogP contribution >= 0.6 is 0 Å². The topological polar surface area (TPSA) is 118 Å². The minimum atomic E-state index is -3.74. The third-order valence-electron chi connectivity index (χ3n) is 4.34. The van der Waals surface area contributed by atoms with Crippen LogP contribution in [0.4, 0.5) is 4.79 Å². The first-order valence-electron chi connectivity index (χ1n) is 6.99. The molecule has 2 aliphatic rings. The van der Waals surface area contributed by atoms with E-state index >= 15 is 0 Å². The first-order valence-corrected chi connectivity index (χ1v) is 8.71. The van der Waals surface area contributed by atoms with E-state index in [-0.39, 0.29) is 18.7 Å². The number of quaternary nitrogens is 1. The van der Waals surface area contributed by atoms with Crippen LogP contribution < -0.4 is 5.32 Å². The molecule has 122 valence electrons. The minimum Gasteiger partial charge on any atom is -0.435 e. The molecule has 0 saturated carbocycles. The molecule has 0 spiro atoms. The normalized spacial score (nSPS) is 31.0. The molecule has 0 aromatic heterocycles. The predicted molar refractivity (Wildman–Crippen MR) is 77.8 cm³/mol. The molecule has 8 nitrogen and oxygen atoms in total. The Kier molecular flexibility index (Phi) is 3.49. The average molecular weight is 339 g/mol. The second-order valence-electron chi connectivity index (χ2n) is 5.68. The van der Waals surface area contributed by atoms with Crippen molar-refractivity contribution in [3.05, 3.63) is 35.9 Å². The SMILES string of the molecule is O=C(Cc1ccccc1)NC1C(=O)[N+]2(C(=O)O)CCS(=O)(=O)[C@@H]12. The predicted octanol–water partition coefficient (Wildman–Crippen LogP) is -0.497. The summed E-state index contributed by atoms with van der Waals surface area (Å²) in [6, 6.07) is 7.46. The van der Waals surface area contributed by atoms with Crippen LogP contribution in [-0.2, 0) is 25.8 Å². The van der Waals surface area contributed by atoms with Gasteiger partial charge in [0.1, 0.15) is 12.3 Å². The van der Waals surface area contributed by atoms with Crippen LogP contribution in [0.3, 0.4) is 0 Å². The van der Waals surface area contributed by atoms with E-state index in [0.717, 1.165) is 0 Å². The van der Waals surface area contributed by atoms with Crippen molar-refractivity contribution in [3.63, 3.8) is 0 Å². The molecule has 0 bridgehead atoms. The average Bonchev–Trinajstić information content (AvgIpc) is 2.75. The number of carbonyl (C=O) groups excluding carboxylic acids is 2. The van der Waals surface area contributed by atoms with E-state index < -0.39 is 43.6 Å². The van der Waals surface area contributed by atoms with Gasteiger partial charge in [0.25, 0.3) is 0 Å². The van der Waals surface area contributed by atoms with Crippen LogP contribution in [0, 0.1) is 0 Å². The fraction of sp³-hybridized carbons (Fsp3) is 0.357. The molecule has 23 heavy (non-hydrogen) atoms. The summed E-state index contributed by atoms with van der Waals surface area (Å²) >= 11 is 0. The lowest BCUT2D eigenvalue weighted by Crippen LogP contribution is -2.81. The highest BCUT2D eigenvalue weighted by Crippen LogP contribution is 2.40. The van der Waals surface area contributed by atoms with Gasteiger partial charge in [0.15, 0.2) is 0 Å². The molecule has 1 aromatic rings. The van der Waals surface area contributed by atoms with Crippen LogP contribution in [0.25, 0.3) is 0 Å². The third kappa shape index (κ3) is 2.23. The molecule has 2 unspecified atom stereocenters. The summed E-state index contributed by atoms with van der Waals surface area (Å²) in [6.07, 6.45) is -1.50. The van der Waals surface area contributed by atoms with Gasteiger partial charge in [0.05, 0.1) is 6.42 Å². The number of sulfone groups is 1. The number of fused-ring (bicyclic) bond motifs is 1. The third-order valence-corrected chi connectivity index (χ3v) is 6.46. The molecule has 0 radical (unpaired) electrons. The zero-order chi connectivity index (χ0) is 16.8. The van der Waals surface area contributed by atoms with Crippen molar-refractivity contribution in [2.75, 3.05) is 12.3 Å². The van der Waals surface area contributed by atoms with Gasteiger partial charge in [0, 0.05) is 0 Å². The van der Waals surface area contributed by atoms with E-state index in [1.807, 2.05) is 0 Å². The Morgan fingerprint density at radius 1 is 1.26 bits per heavy atom. The van der Waals surface area contributed by atoms with Crippen LogP contribution in [0.15, 0.2) is 30.3 Å². The van der Waals surface area contributed by atoms with Gasteiger partial charge >= 0.3 is 12.0 Å². The standard InChI is InChI=1S/C14H14N2O6S/c17-10(8-9-4-2-1-3-5-9)15-11-12(18)16(14(19)20)6-7-23(21,22)13(11)16/h1-5,11,13H,6-8H2,(H-,15,17,19,20)/p+1/t11?,13-,16?/m0/s1. The van der Waals surface area contributed by atoms with Crippen molar-refractivity contribution in [3.8, 4) is 0 Å². The Morgan fingerprint density at radius 3 is 2.52 bits per heavy atom. The lowest BCUT2D eigenvalue weighted by molar-refractivity contribution is -0.816.